The van der Waals surface area contributed by atoms with Crippen molar-refractivity contribution in [1.29, 1.82) is 0 Å². The third-order valence-electron chi connectivity index (χ3n) is 4.86. The number of methoxy groups -OCH3 is 2. The maximum atomic E-state index is 12.4. The Hall–Kier alpha value is -2.64. The van der Waals surface area contributed by atoms with Crippen LogP contribution in [0.4, 0.5) is 0 Å². The van der Waals surface area contributed by atoms with Crippen molar-refractivity contribution in [1.82, 2.24) is 5.32 Å². The van der Waals surface area contributed by atoms with Crippen molar-refractivity contribution in [3.05, 3.63) is 74.8 Å². The van der Waals surface area contributed by atoms with Crippen LogP contribution in [0, 0.1) is 10.1 Å². The fourth-order valence-electron chi connectivity index (χ4n) is 3.57. The van der Waals surface area contributed by atoms with E-state index in [1.54, 1.807) is 55.6 Å². The standard InChI is InChI=1S/C19H19ClN2O5/c1-26-14-9-5-11(6-10-14)15-17(19(23)27-2)21-16(18(15)22(24)25)12-3-7-13(20)8-4-12/h3-10,15-18,21H,1-2H3/t15-,16+,17-,18+/m1/s1. The molecule has 1 fully saturated rings. The Morgan fingerprint density at radius 1 is 1.07 bits per heavy atom. The first kappa shape index (κ1) is 19.1. The molecule has 0 amide bonds. The summed E-state index contributed by atoms with van der Waals surface area (Å²) in [6.07, 6.45) is 0. The van der Waals surface area contributed by atoms with Gasteiger partial charge in [-0.3, -0.25) is 20.2 Å². The second-order valence-electron chi connectivity index (χ2n) is 6.27. The number of carbonyl (C=O) groups excluding carboxylic acids is 1. The molecule has 0 spiro atoms. The molecule has 0 aliphatic carbocycles. The number of rotatable bonds is 5. The molecule has 2 aromatic rings. The molecule has 7 nitrogen and oxygen atoms in total. The van der Waals surface area contributed by atoms with Gasteiger partial charge in [0.25, 0.3) is 0 Å². The van der Waals surface area contributed by atoms with Crippen molar-refractivity contribution in [2.45, 2.75) is 24.0 Å². The van der Waals surface area contributed by atoms with E-state index in [2.05, 4.69) is 5.32 Å². The van der Waals surface area contributed by atoms with Crippen molar-refractivity contribution in [3.63, 3.8) is 0 Å². The molecule has 0 aromatic heterocycles. The van der Waals surface area contributed by atoms with E-state index < -0.39 is 30.0 Å². The summed E-state index contributed by atoms with van der Waals surface area (Å²) in [6.45, 7) is 0. The van der Waals surface area contributed by atoms with Crippen molar-refractivity contribution in [3.8, 4) is 5.75 Å². The molecule has 1 N–H and O–H groups in total. The van der Waals surface area contributed by atoms with Gasteiger partial charge in [0, 0.05) is 9.95 Å². The van der Waals surface area contributed by atoms with Crippen molar-refractivity contribution < 1.29 is 19.2 Å². The molecular formula is C19H19ClN2O5. The Labute approximate surface area is 161 Å². The largest absolute Gasteiger partial charge is 0.497 e. The minimum Gasteiger partial charge on any atom is -0.497 e. The van der Waals surface area contributed by atoms with Gasteiger partial charge in [0.2, 0.25) is 6.04 Å². The monoisotopic (exact) mass is 390 g/mol. The number of hydrogen-bond donors (Lipinski definition) is 1. The van der Waals surface area contributed by atoms with Crippen LogP contribution in [-0.2, 0) is 9.53 Å². The number of carbonyl (C=O) groups is 1. The maximum absolute atomic E-state index is 12.4. The summed E-state index contributed by atoms with van der Waals surface area (Å²) in [6, 6.07) is 11.1. The highest BCUT2D eigenvalue weighted by Gasteiger charge is 2.54. The lowest BCUT2D eigenvalue weighted by atomic mass is 9.85. The smallest absolute Gasteiger partial charge is 0.323 e. The highest BCUT2D eigenvalue weighted by atomic mass is 35.5. The van der Waals surface area contributed by atoms with Crippen LogP contribution in [0.5, 0.6) is 5.75 Å². The summed E-state index contributed by atoms with van der Waals surface area (Å²) in [7, 11) is 2.81. The van der Waals surface area contributed by atoms with Crippen LogP contribution < -0.4 is 10.1 Å². The lowest BCUT2D eigenvalue weighted by Gasteiger charge is -2.19. The SMILES string of the molecule is COC(=O)[C@@H]1N[C@@H](c2ccc(Cl)cc2)[C@@H]([N+](=O)[O-])[C@@H]1c1ccc(OC)cc1. The van der Waals surface area contributed by atoms with Crippen LogP contribution in [0.1, 0.15) is 23.1 Å². The lowest BCUT2D eigenvalue weighted by Crippen LogP contribution is -2.37. The Morgan fingerprint density at radius 3 is 2.19 bits per heavy atom. The molecule has 1 saturated heterocycles. The topological polar surface area (TPSA) is 90.7 Å². The van der Waals surface area contributed by atoms with Crippen LogP contribution >= 0.6 is 11.6 Å². The Balaban J connectivity index is 2.06. The van der Waals surface area contributed by atoms with Gasteiger partial charge in [0.1, 0.15) is 17.8 Å². The minimum atomic E-state index is -1.05. The average molecular weight is 391 g/mol. The van der Waals surface area contributed by atoms with Crippen LogP contribution in [0.2, 0.25) is 5.02 Å². The van der Waals surface area contributed by atoms with Gasteiger partial charge in [-0.05, 0) is 35.4 Å². The molecule has 1 aliphatic rings. The molecule has 0 unspecified atom stereocenters. The summed E-state index contributed by atoms with van der Waals surface area (Å²) < 4.78 is 10.0. The summed E-state index contributed by atoms with van der Waals surface area (Å²) >= 11 is 5.93. The molecular weight excluding hydrogens is 372 g/mol. The van der Waals surface area contributed by atoms with Crippen LogP contribution in [0.15, 0.2) is 48.5 Å². The van der Waals surface area contributed by atoms with E-state index in [0.29, 0.717) is 21.9 Å². The number of nitro groups is 1. The minimum absolute atomic E-state index is 0.343. The fraction of sp³-hybridized carbons (Fsp3) is 0.316. The Kier molecular flexibility index (Phi) is 5.62. The summed E-state index contributed by atoms with van der Waals surface area (Å²) in [5.74, 6) is -0.607. The lowest BCUT2D eigenvalue weighted by molar-refractivity contribution is -0.527. The number of benzene rings is 2. The number of ether oxygens (including phenoxy) is 2. The average Bonchev–Trinajstić information content (AvgIpc) is 3.09. The predicted molar refractivity (Wildman–Crippen MR) is 99.7 cm³/mol. The molecule has 0 bridgehead atoms. The van der Waals surface area contributed by atoms with E-state index >= 15 is 0 Å². The summed E-state index contributed by atoms with van der Waals surface area (Å²) in [4.78, 5) is 24.0. The van der Waals surface area contributed by atoms with E-state index in [-0.39, 0.29) is 4.92 Å². The Bertz CT molecular complexity index is 825. The second kappa shape index (κ2) is 7.94. The molecule has 3 rings (SSSR count). The van der Waals surface area contributed by atoms with Gasteiger partial charge in [-0.1, -0.05) is 35.9 Å². The van der Waals surface area contributed by atoms with E-state index in [1.807, 2.05) is 0 Å². The van der Waals surface area contributed by atoms with Crippen molar-refractivity contribution in [2.24, 2.45) is 0 Å². The quantitative estimate of drug-likeness (QED) is 0.479. The molecule has 2 aromatic carbocycles. The van der Waals surface area contributed by atoms with E-state index in [4.69, 9.17) is 21.1 Å². The van der Waals surface area contributed by atoms with Gasteiger partial charge in [-0.25, -0.2) is 0 Å². The third kappa shape index (κ3) is 3.74. The zero-order valence-corrected chi connectivity index (χ0v) is 15.6. The van der Waals surface area contributed by atoms with E-state index in [1.165, 1.54) is 7.11 Å². The first-order valence-electron chi connectivity index (χ1n) is 8.33. The molecule has 0 saturated carbocycles. The fourth-order valence-corrected chi connectivity index (χ4v) is 3.70. The highest BCUT2D eigenvalue weighted by molar-refractivity contribution is 6.30. The normalized spacial score (nSPS) is 24.4. The number of halogens is 1. The summed E-state index contributed by atoms with van der Waals surface area (Å²) in [5, 5.41) is 15.6. The van der Waals surface area contributed by atoms with Crippen LogP contribution in [0.3, 0.4) is 0 Å². The second-order valence-corrected chi connectivity index (χ2v) is 6.71. The highest BCUT2D eigenvalue weighted by Crippen LogP contribution is 2.41. The molecule has 142 valence electrons. The zero-order valence-electron chi connectivity index (χ0n) is 14.8. The van der Waals surface area contributed by atoms with Crippen LogP contribution in [-0.4, -0.2) is 37.2 Å². The molecule has 0 radical (unpaired) electrons. The van der Waals surface area contributed by atoms with Gasteiger partial charge in [-0.15, -0.1) is 0 Å². The first-order valence-corrected chi connectivity index (χ1v) is 8.71. The number of hydrogen-bond acceptors (Lipinski definition) is 6. The number of nitrogens with zero attached hydrogens (tertiary/aromatic N) is 1. The zero-order chi connectivity index (χ0) is 19.6. The van der Waals surface area contributed by atoms with E-state index in [0.717, 1.165) is 0 Å². The molecule has 1 aliphatic heterocycles. The molecule has 8 heteroatoms. The molecule has 27 heavy (non-hydrogen) atoms. The van der Waals surface area contributed by atoms with Gasteiger partial charge in [-0.2, -0.15) is 0 Å². The molecule has 4 atom stereocenters. The van der Waals surface area contributed by atoms with Crippen LogP contribution in [0.25, 0.3) is 0 Å². The number of nitrogens with one attached hydrogen (secondary N) is 1. The Morgan fingerprint density at radius 2 is 1.67 bits per heavy atom. The maximum Gasteiger partial charge on any atom is 0.323 e. The van der Waals surface area contributed by atoms with Gasteiger partial charge < -0.3 is 9.47 Å². The van der Waals surface area contributed by atoms with Crippen molar-refractivity contribution in [2.75, 3.05) is 14.2 Å². The molecule has 1 heterocycles. The summed E-state index contributed by atoms with van der Waals surface area (Å²) in [5.41, 5.74) is 1.35. The van der Waals surface area contributed by atoms with Gasteiger partial charge in [0.05, 0.1) is 20.1 Å². The third-order valence-corrected chi connectivity index (χ3v) is 5.11. The van der Waals surface area contributed by atoms with Crippen molar-refractivity contribution >= 4 is 17.6 Å². The van der Waals surface area contributed by atoms with E-state index in [9.17, 15) is 14.9 Å². The number of esters is 1. The first-order chi connectivity index (χ1) is 13.0. The predicted octanol–water partition coefficient (Wildman–Crippen LogP) is 2.96. The van der Waals surface area contributed by atoms with Gasteiger partial charge >= 0.3 is 5.97 Å². The van der Waals surface area contributed by atoms with Gasteiger partial charge in [0.15, 0.2) is 0 Å².